The van der Waals surface area contributed by atoms with Crippen LogP contribution in [0.3, 0.4) is 0 Å². The Bertz CT molecular complexity index is 1520. The summed E-state index contributed by atoms with van der Waals surface area (Å²) in [5.41, 5.74) is -4.84. The van der Waals surface area contributed by atoms with Crippen molar-refractivity contribution in [1.82, 2.24) is 10.3 Å². The smallest absolute Gasteiger partial charge is 0.336 e. The monoisotopic (exact) mass is 580 g/mol. The number of nitrogens with one attached hydrogen (secondary N) is 1. The zero-order valence-corrected chi connectivity index (χ0v) is 21.4. The molecule has 1 N–H and O–H groups in total. The van der Waals surface area contributed by atoms with Crippen molar-refractivity contribution in [2.24, 2.45) is 0 Å². The van der Waals surface area contributed by atoms with E-state index in [0.717, 1.165) is 24.3 Å². The van der Waals surface area contributed by atoms with Crippen molar-refractivity contribution in [2.45, 2.75) is 31.0 Å². The summed E-state index contributed by atoms with van der Waals surface area (Å²) in [5, 5.41) is 2.72. The van der Waals surface area contributed by atoms with Gasteiger partial charge < -0.3 is 5.32 Å². The second kappa shape index (κ2) is 10.9. The third-order valence-electron chi connectivity index (χ3n) is 6.27. The quantitative estimate of drug-likeness (QED) is 0.225. The van der Waals surface area contributed by atoms with Crippen LogP contribution in [-0.4, -0.2) is 10.9 Å². The van der Waals surface area contributed by atoms with Crippen LogP contribution in [0.15, 0.2) is 85.1 Å². The van der Waals surface area contributed by atoms with Gasteiger partial charge in [0.25, 0.3) is 11.8 Å². The molecule has 0 spiro atoms. The van der Waals surface area contributed by atoms with E-state index in [9.17, 15) is 31.1 Å². The number of nitrogens with zero attached hydrogens (tertiary/aromatic N) is 1. The SMILES string of the molecule is CC(F)(F)c1ccc(F)c(C(Cc2ccccc2)(NC(=O)c2ccc(F)c(C(F)(F)F)c2)c2ccc(Cl)cn2)c1. The second-order valence-corrected chi connectivity index (χ2v) is 9.60. The number of alkyl halides is 5. The van der Waals surface area contributed by atoms with E-state index < -0.39 is 57.4 Å². The Morgan fingerprint density at radius 3 is 2.10 bits per heavy atom. The molecule has 0 aliphatic carbocycles. The Morgan fingerprint density at radius 1 is 0.850 bits per heavy atom. The fourth-order valence-corrected chi connectivity index (χ4v) is 4.42. The predicted molar refractivity (Wildman–Crippen MR) is 135 cm³/mol. The van der Waals surface area contributed by atoms with Crippen molar-refractivity contribution < 1.29 is 35.5 Å². The molecule has 40 heavy (non-hydrogen) atoms. The van der Waals surface area contributed by atoms with E-state index in [2.05, 4.69) is 10.3 Å². The fraction of sp³-hybridized carbons (Fsp3) is 0.172. The number of amides is 1. The maximum atomic E-state index is 15.6. The van der Waals surface area contributed by atoms with Crippen molar-refractivity contribution in [3.05, 3.63) is 135 Å². The molecule has 1 aromatic heterocycles. The number of hydrogen-bond donors (Lipinski definition) is 1. The Hall–Kier alpha value is -3.92. The molecule has 0 bridgehead atoms. The summed E-state index contributed by atoms with van der Waals surface area (Å²) in [5.74, 6) is -7.15. The first-order valence-corrected chi connectivity index (χ1v) is 12.1. The molecule has 11 heteroatoms. The maximum absolute atomic E-state index is 15.6. The molecule has 1 amide bonds. The minimum atomic E-state index is -5.10. The van der Waals surface area contributed by atoms with E-state index in [4.69, 9.17) is 11.6 Å². The van der Waals surface area contributed by atoms with Gasteiger partial charge in [-0.1, -0.05) is 48.0 Å². The van der Waals surface area contributed by atoms with E-state index in [-0.39, 0.29) is 17.1 Å². The number of carbonyl (C=O) groups excluding carboxylic acids is 1. The van der Waals surface area contributed by atoms with Gasteiger partial charge in [0.15, 0.2) is 0 Å². The van der Waals surface area contributed by atoms with E-state index in [1.54, 1.807) is 30.3 Å². The van der Waals surface area contributed by atoms with Crippen LogP contribution in [0.25, 0.3) is 0 Å². The zero-order valence-electron chi connectivity index (χ0n) is 20.7. The van der Waals surface area contributed by atoms with Gasteiger partial charge in [-0.3, -0.25) is 9.78 Å². The summed E-state index contributed by atoms with van der Waals surface area (Å²) in [4.78, 5) is 17.8. The first kappa shape index (κ1) is 29.1. The number of halogens is 8. The van der Waals surface area contributed by atoms with Gasteiger partial charge in [-0.15, -0.1) is 0 Å². The van der Waals surface area contributed by atoms with E-state index >= 15 is 4.39 Å². The maximum Gasteiger partial charge on any atom is 0.419 e. The van der Waals surface area contributed by atoms with Gasteiger partial charge in [0.05, 0.1) is 16.3 Å². The first-order chi connectivity index (χ1) is 18.7. The van der Waals surface area contributed by atoms with E-state index in [0.29, 0.717) is 24.6 Å². The van der Waals surface area contributed by atoms with Crippen molar-refractivity contribution in [3.8, 4) is 0 Å². The third-order valence-corrected chi connectivity index (χ3v) is 6.49. The molecule has 3 nitrogen and oxygen atoms in total. The summed E-state index contributed by atoms with van der Waals surface area (Å²) < 4.78 is 98.4. The largest absolute Gasteiger partial charge is 0.419 e. The molecule has 0 radical (unpaired) electrons. The zero-order chi connectivity index (χ0) is 29.3. The van der Waals surface area contributed by atoms with Crippen molar-refractivity contribution in [3.63, 3.8) is 0 Å². The average molecular weight is 581 g/mol. The van der Waals surface area contributed by atoms with Gasteiger partial charge >= 0.3 is 6.18 Å². The minimum Gasteiger partial charge on any atom is -0.336 e. The Kier molecular flexibility index (Phi) is 7.94. The molecule has 1 atom stereocenters. The number of hydrogen-bond acceptors (Lipinski definition) is 2. The number of carbonyl (C=O) groups is 1. The van der Waals surface area contributed by atoms with Gasteiger partial charge in [0, 0.05) is 36.2 Å². The van der Waals surface area contributed by atoms with Crippen LogP contribution < -0.4 is 5.32 Å². The van der Waals surface area contributed by atoms with Crippen molar-refractivity contribution >= 4 is 17.5 Å². The number of pyridine rings is 1. The first-order valence-electron chi connectivity index (χ1n) is 11.7. The van der Waals surface area contributed by atoms with Gasteiger partial charge in [-0.2, -0.15) is 13.2 Å². The number of rotatable bonds is 7. The molecule has 3 aromatic carbocycles. The van der Waals surface area contributed by atoms with E-state index in [1.807, 2.05) is 0 Å². The summed E-state index contributed by atoms with van der Waals surface area (Å²) in [6, 6.07) is 15.2. The van der Waals surface area contributed by atoms with Crippen LogP contribution in [0, 0.1) is 11.6 Å². The molecule has 0 fully saturated rings. The average Bonchev–Trinajstić information content (AvgIpc) is 2.88. The van der Waals surface area contributed by atoms with Crippen LogP contribution in [0.4, 0.5) is 30.7 Å². The molecular weight excluding hydrogens is 561 g/mol. The van der Waals surface area contributed by atoms with Crippen LogP contribution in [-0.2, 0) is 24.1 Å². The van der Waals surface area contributed by atoms with Crippen LogP contribution in [0.1, 0.15) is 45.2 Å². The highest BCUT2D eigenvalue weighted by Crippen LogP contribution is 2.39. The molecule has 0 saturated heterocycles. The van der Waals surface area contributed by atoms with Crippen molar-refractivity contribution in [1.29, 1.82) is 0 Å². The molecule has 0 aliphatic rings. The Labute approximate surface area is 229 Å². The second-order valence-electron chi connectivity index (χ2n) is 9.16. The highest BCUT2D eigenvalue weighted by Gasteiger charge is 2.42. The third kappa shape index (κ3) is 6.12. The Morgan fingerprint density at radius 2 is 1.50 bits per heavy atom. The lowest BCUT2D eigenvalue weighted by atomic mass is 9.79. The van der Waals surface area contributed by atoms with Gasteiger partial charge in [-0.25, -0.2) is 17.6 Å². The van der Waals surface area contributed by atoms with E-state index in [1.165, 1.54) is 18.3 Å². The fourth-order valence-electron chi connectivity index (χ4n) is 4.30. The number of benzene rings is 3. The van der Waals surface area contributed by atoms with Crippen molar-refractivity contribution in [2.75, 3.05) is 0 Å². The summed E-state index contributed by atoms with van der Waals surface area (Å²) in [6.45, 7) is 0.610. The molecule has 0 saturated carbocycles. The lowest BCUT2D eigenvalue weighted by molar-refractivity contribution is -0.140. The Balaban J connectivity index is 1.99. The highest BCUT2D eigenvalue weighted by atomic mass is 35.5. The molecule has 4 rings (SSSR count). The van der Waals surface area contributed by atoms with Crippen LogP contribution in [0.5, 0.6) is 0 Å². The van der Waals surface area contributed by atoms with Gasteiger partial charge in [0.2, 0.25) is 0 Å². The van der Waals surface area contributed by atoms with Crippen LogP contribution >= 0.6 is 11.6 Å². The molecule has 4 aromatic rings. The lowest BCUT2D eigenvalue weighted by Crippen LogP contribution is -2.50. The number of aromatic nitrogens is 1. The molecule has 0 aliphatic heterocycles. The molecular formula is C29H20ClF7N2O. The van der Waals surface area contributed by atoms with Gasteiger partial charge in [0.1, 0.15) is 17.2 Å². The highest BCUT2D eigenvalue weighted by molar-refractivity contribution is 6.30. The standard InChI is InChI=1S/C29H20ClF7N2O/c1-27(33,34)19-8-11-23(31)21(14-19)28(15-17-5-3-2-4-6-17,25-12-9-20(30)16-38-25)39-26(40)18-7-10-24(32)22(13-18)29(35,36)37/h2-14,16H,15H2,1H3,(H,39,40). The van der Waals surface area contributed by atoms with Crippen LogP contribution in [0.2, 0.25) is 5.02 Å². The summed E-state index contributed by atoms with van der Waals surface area (Å²) in [6.07, 6.45) is -4.16. The van der Waals surface area contributed by atoms with Gasteiger partial charge in [-0.05, 0) is 48.0 Å². The normalized spacial score (nSPS) is 13.5. The molecule has 208 valence electrons. The minimum absolute atomic E-state index is 0.0391. The topological polar surface area (TPSA) is 42.0 Å². The summed E-state index contributed by atoms with van der Waals surface area (Å²) in [7, 11) is 0. The molecule has 1 heterocycles. The summed E-state index contributed by atoms with van der Waals surface area (Å²) >= 11 is 6.00. The molecule has 1 unspecified atom stereocenters. The predicted octanol–water partition coefficient (Wildman–Crippen LogP) is 8.06. The lowest BCUT2D eigenvalue weighted by Gasteiger charge is -2.36.